The summed E-state index contributed by atoms with van der Waals surface area (Å²) in [5, 5.41) is 0. The first kappa shape index (κ1) is 10.3. The zero-order valence-corrected chi connectivity index (χ0v) is 9.63. The highest BCUT2D eigenvalue weighted by atomic mass is 14.7. The van der Waals surface area contributed by atoms with E-state index in [2.05, 4.69) is 16.0 Å². The molecule has 1 aliphatic carbocycles. The quantitative estimate of drug-likeness (QED) is 0.854. The topological polar surface area (TPSA) is 51.8 Å². The third-order valence-electron chi connectivity index (χ3n) is 3.45. The third-order valence-corrected chi connectivity index (χ3v) is 3.45. The van der Waals surface area contributed by atoms with Gasteiger partial charge in [0.25, 0.3) is 0 Å². The number of aromatic nitrogens is 2. The number of rotatable bonds is 2. The van der Waals surface area contributed by atoms with Gasteiger partial charge in [-0.25, -0.2) is 0 Å². The molecule has 1 fully saturated rings. The van der Waals surface area contributed by atoms with Crippen LogP contribution in [-0.4, -0.2) is 9.97 Å². The Hall–Kier alpha value is -1.90. The van der Waals surface area contributed by atoms with Crippen LogP contribution in [0.3, 0.4) is 0 Å². The molecule has 2 heterocycles. The summed E-state index contributed by atoms with van der Waals surface area (Å²) in [5.74, 6) is 0.674. The van der Waals surface area contributed by atoms with Gasteiger partial charge in [-0.15, -0.1) is 0 Å². The van der Waals surface area contributed by atoms with E-state index < -0.39 is 0 Å². The largest absolute Gasteiger partial charge is 0.397 e. The molecule has 86 valence electrons. The van der Waals surface area contributed by atoms with Crippen LogP contribution in [0.1, 0.15) is 30.7 Å². The third kappa shape index (κ3) is 1.88. The fraction of sp³-hybridized carbons (Fsp3) is 0.286. The normalized spacial score (nSPS) is 15.5. The molecule has 0 saturated heterocycles. The van der Waals surface area contributed by atoms with E-state index in [4.69, 9.17) is 5.73 Å². The lowest BCUT2D eigenvalue weighted by atomic mass is 9.80. The number of nitrogens with zero attached hydrogens (tertiary/aromatic N) is 2. The van der Waals surface area contributed by atoms with Crippen LogP contribution in [0.15, 0.2) is 36.8 Å². The Kier molecular flexibility index (Phi) is 2.52. The van der Waals surface area contributed by atoms with Gasteiger partial charge in [0.05, 0.1) is 11.4 Å². The first-order valence-electron chi connectivity index (χ1n) is 6.00. The van der Waals surface area contributed by atoms with E-state index in [1.165, 1.54) is 24.8 Å². The summed E-state index contributed by atoms with van der Waals surface area (Å²) in [6.45, 7) is 0. The van der Waals surface area contributed by atoms with E-state index in [0.29, 0.717) is 5.92 Å². The van der Waals surface area contributed by atoms with Gasteiger partial charge in [0, 0.05) is 24.2 Å². The highest BCUT2D eigenvalue weighted by molar-refractivity contribution is 5.72. The van der Waals surface area contributed by atoms with Crippen molar-refractivity contribution in [2.24, 2.45) is 0 Å². The van der Waals surface area contributed by atoms with E-state index >= 15 is 0 Å². The molecule has 2 N–H and O–H groups in total. The molecule has 3 rings (SSSR count). The minimum atomic E-state index is 0.674. The number of hydrogen-bond donors (Lipinski definition) is 1. The number of pyridine rings is 2. The zero-order chi connectivity index (χ0) is 11.7. The van der Waals surface area contributed by atoms with Crippen LogP contribution in [0.2, 0.25) is 0 Å². The second-order valence-electron chi connectivity index (χ2n) is 4.58. The van der Waals surface area contributed by atoms with E-state index in [0.717, 1.165) is 16.9 Å². The molecule has 3 heteroatoms. The molecule has 3 nitrogen and oxygen atoms in total. The second-order valence-corrected chi connectivity index (χ2v) is 4.58. The average Bonchev–Trinajstić information content (AvgIpc) is 2.28. The Balaban J connectivity index is 1.96. The number of hydrogen-bond acceptors (Lipinski definition) is 3. The summed E-state index contributed by atoms with van der Waals surface area (Å²) in [7, 11) is 0. The first-order valence-corrected chi connectivity index (χ1v) is 6.00. The van der Waals surface area contributed by atoms with Crippen LogP contribution in [0.4, 0.5) is 5.69 Å². The summed E-state index contributed by atoms with van der Waals surface area (Å²) in [6, 6.07) is 5.95. The van der Waals surface area contributed by atoms with Crippen molar-refractivity contribution in [3.8, 4) is 11.3 Å². The monoisotopic (exact) mass is 225 g/mol. The number of anilines is 1. The van der Waals surface area contributed by atoms with Gasteiger partial charge in [0.15, 0.2) is 0 Å². The Labute approximate surface area is 101 Å². The molecule has 1 aliphatic rings. The molecule has 17 heavy (non-hydrogen) atoms. The molecule has 0 spiro atoms. The van der Waals surface area contributed by atoms with E-state index in [1.54, 1.807) is 12.4 Å². The van der Waals surface area contributed by atoms with E-state index in [9.17, 15) is 0 Å². The minimum absolute atomic E-state index is 0.674. The smallest absolute Gasteiger partial charge is 0.0946 e. The lowest BCUT2D eigenvalue weighted by molar-refractivity contribution is 0.419. The summed E-state index contributed by atoms with van der Waals surface area (Å²) in [4.78, 5) is 8.58. The Bertz CT molecular complexity index is 518. The average molecular weight is 225 g/mol. The highest BCUT2D eigenvalue weighted by Gasteiger charge is 2.20. The van der Waals surface area contributed by atoms with Crippen LogP contribution >= 0.6 is 0 Å². The van der Waals surface area contributed by atoms with Crippen LogP contribution in [-0.2, 0) is 0 Å². The van der Waals surface area contributed by atoms with Crippen molar-refractivity contribution in [2.75, 3.05) is 5.73 Å². The van der Waals surface area contributed by atoms with Crippen LogP contribution in [0.5, 0.6) is 0 Å². The molecular formula is C14H15N3. The molecule has 0 aromatic carbocycles. The molecular weight excluding hydrogens is 210 g/mol. The van der Waals surface area contributed by atoms with Gasteiger partial charge in [0.1, 0.15) is 0 Å². The summed E-state index contributed by atoms with van der Waals surface area (Å²) in [5.41, 5.74) is 9.92. The maximum Gasteiger partial charge on any atom is 0.0946 e. The Morgan fingerprint density at radius 2 is 2.12 bits per heavy atom. The van der Waals surface area contributed by atoms with Crippen LogP contribution < -0.4 is 5.73 Å². The highest BCUT2D eigenvalue weighted by Crippen LogP contribution is 2.37. The predicted molar refractivity (Wildman–Crippen MR) is 68.5 cm³/mol. The van der Waals surface area contributed by atoms with Gasteiger partial charge < -0.3 is 5.73 Å². The second kappa shape index (κ2) is 4.17. The summed E-state index contributed by atoms with van der Waals surface area (Å²) >= 11 is 0. The lowest BCUT2D eigenvalue weighted by Crippen LogP contribution is -2.10. The van der Waals surface area contributed by atoms with E-state index in [-0.39, 0.29) is 0 Å². The van der Waals surface area contributed by atoms with Gasteiger partial charge in [-0.2, -0.15) is 0 Å². The molecule has 2 aromatic rings. The standard InChI is InChI=1S/C14H15N3/c15-13-7-12(10-3-1-4-10)9-17-14(13)11-5-2-6-16-8-11/h2,5-10H,1,3-4,15H2. The fourth-order valence-electron chi connectivity index (χ4n) is 2.21. The van der Waals surface area contributed by atoms with Crippen molar-refractivity contribution in [2.45, 2.75) is 25.2 Å². The van der Waals surface area contributed by atoms with Crippen molar-refractivity contribution in [1.82, 2.24) is 9.97 Å². The van der Waals surface area contributed by atoms with Crippen LogP contribution in [0.25, 0.3) is 11.3 Å². The van der Waals surface area contributed by atoms with Crippen molar-refractivity contribution in [1.29, 1.82) is 0 Å². The van der Waals surface area contributed by atoms with Crippen molar-refractivity contribution in [3.05, 3.63) is 42.4 Å². The van der Waals surface area contributed by atoms with Crippen molar-refractivity contribution < 1.29 is 0 Å². The molecule has 0 amide bonds. The van der Waals surface area contributed by atoms with E-state index in [1.807, 2.05) is 18.3 Å². The summed E-state index contributed by atoms with van der Waals surface area (Å²) < 4.78 is 0. The number of nitrogens with two attached hydrogens (primary N) is 1. The fourth-order valence-corrected chi connectivity index (χ4v) is 2.21. The molecule has 1 saturated carbocycles. The molecule has 2 aromatic heterocycles. The van der Waals surface area contributed by atoms with Gasteiger partial charge in [0.2, 0.25) is 0 Å². The zero-order valence-electron chi connectivity index (χ0n) is 9.63. The number of nitrogen functional groups attached to an aromatic ring is 1. The maximum absolute atomic E-state index is 6.08. The molecule has 0 bridgehead atoms. The lowest BCUT2D eigenvalue weighted by Gasteiger charge is -2.25. The molecule has 0 radical (unpaired) electrons. The molecule has 0 unspecified atom stereocenters. The van der Waals surface area contributed by atoms with Gasteiger partial charge in [-0.3, -0.25) is 9.97 Å². The Morgan fingerprint density at radius 1 is 1.24 bits per heavy atom. The molecule has 0 aliphatic heterocycles. The van der Waals surface area contributed by atoms with Gasteiger partial charge in [-0.05, 0) is 42.5 Å². The van der Waals surface area contributed by atoms with Gasteiger partial charge >= 0.3 is 0 Å². The Morgan fingerprint density at radius 3 is 2.71 bits per heavy atom. The predicted octanol–water partition coefficient (Wildman–Crippen LogP) is 2.99. The van der Waals surface area contributed by atoms with Crippen molar-refractivity contribution >= 4 is 5.69 Å². The first-order chi connectivity index (χ1) is 8.34. The van der Waals surface area contributed by atoms with Crippen molar-refractivity contribution in [3.63, 3.8) is 0 Å². The minimum Gasteiger partial charge on any atom is -0.397 e. The van der Waals surface area contributed by atoms with Crippen LogP contribution in [0, 0.1) is 0 Å². The SMILES string of the molecule is Nc1cc(C2CCC2)cnc1-c1cccnc1. The maximum atomic E-state index is 6.08. The van der Waals surface area contributed by atoms with Gasteiger partial charge in [-0.1, -0.05) is 6.42 Å². The molecule has 0 atom stereocenters. The summed E-state index contributed by atoms with van der Waals surface area (Å²) in [6.07, 6.45) is 9.38.